The second-order valence-corrected chi connectivity index (χ2v) is 4.51. The number of anilines is 1. The highest BCUT2D eigenvalue weighted by atomic mass is 16.4. The lowest BCUT2D eigenvalue weighted by molar-refractivity contribution is -0.117. The van der Waals surface area contributed by atoms with Crippen LogP contribution in [0.4, 0.5) is 5.69 Å². The number of amides is 1. The van der Waals surface area contributed by atoms with Gasteiger partial charge in [0.15, 0.2) is 0 Å². The maximum absolute atomic E-state index is 11.8. The molecule has 0 aliphatic carbocycles. The standard InChI is InChI=1S/C14H17NO3/c1-2-5-10-11(14(17)18)6-3-7-12(10)15-9-4-8-13(15)16/h3,6-7H,2,4-5,8-9H2,1H3,(H,17,18). The molecule has 1 saturated heterocycles. The summed E-state index contributed by atoms with van der Waals surface area (Å²) < 4.78 is 0. The van der Waals surface area contributed by atoms with E-state index in [1.807, 2.05) is 13.0 Å². The Hall–Kier alpha value is -1.84. The van der Waals surface area contributed by atoms with Crippen molar-refractivity contribution in [2.45, 2.75) is 32.6 Å². The molecule has 0 aromatic heterocycles. The molecule has 1 fully saturated rings. The van der Waals surface area contributed by atoms with Crippen LogP contribution < -0.4 is 4.90 Å². The Morgan fingerprint density at radius 2 is 2.22 bits per heavy atom. The lowest BCUT2D eigenvalue weighted by Gasteiger charge is -2.21. The summed E-state index contributed by atoms with van der Waals surface area (Å²) in [6.07, 6.45) is 2.95. The molecule has 0 unspecified atom stereocenters. The fourth-order valence-electron chi connectivity index (χ4n) is 2.44. The molecule has 1 N–H and O–H groups in total. The van der Waals surface area contributed by atoms with Gasteiger partial charge in [0.2, 0.25) is 5.91 Å². The summed E-state index contributed by atoms with van der Waals surface area (Å²) in [6, 6.07) is 5.17. The SMILES string of the molecule is CCCc1c(C(=O)O)cccc1N1CCCC1=O. The Morgan fingerprint density at radius 1 is 1.44 bits per heavy atom. The van der Waals surface area contributed by atoms with Crippen LogP contribution >= 0.6 is 0 Å². The van der Waals surface area contributed by atoms with Crippen molar-refractivity contribution in [2.75, 3.05) is 11.4 Å². The van der Waals surface area contributed by atoms with Crippen molar-refractivity contribution in [1.82, 2.24) is 0 Å². The molecule has 0 saturated carbocycles. The van der Waals surface area contributed by atoms with Gasteiger partial charge in [-0.1, -0.05) is 19.4 Å². The number of benzene rings is 1. The second-order valence-electron chi connectivity index (χ2n) is 4.51. The topological polar surface area (TPSA) is 57.6 Å². The van der Waals surface area contributed by atoms with E-state index in [0.717, 1.165) is 24.1 Å². The number of carbonyl (C=O) groups excluding carboxylic acids is 1. The van der Waals surface area contributed by atoms with Crippen molar-refractivity contribution in [2.24, 2.45) is 0 Å². The van der Waals surface area contributed by atoms with Gasteiger partial charge in [-0.15, -0.1) is 0 Å². The third-order valence-electron chi connectivity index (χ3n) is 3.25. The van der Waals surface area contributed by atoms with Gasteiger partial charge < -0.3 is 10.0 Å². The van der Waals surface area contributed by atoms with Gasteiger partial charge in [-0.05, 0) is 30.5 Å². The molecule has 1 amide bonds. The van der Waals surface area contributed by atoms with E-state index in [9.17, 15) is 14.7 Å². The van der Waals surface area contributed by atoms with Crippen LogP contribution in [0.15, 0.2) is 18.2 Å². The van der Waals surface area contributed by atoms with Crippen LogP contribution in [-0.4, -0.2) is 23.5 Å². The molecule has 0 atom stereocenters. The Kier molecular flexibility index (Phi) is 3.65. The number of aromatic carboxylic acids is 1. The van der Waals surface area contributed by atoms with Gasteiger partial charge in [-0.3, -0.25) is 4.79 Å². The fraction of sp³-hybridized carbons (Fsp3) is 0.429. The molecule has 1 aliphatic rings. The monoisotopic (exact) mass is 247 g/mol. The molecule has 1 heterocycles. The van der Waals surface area contributed by atoms with Crippen molar-refractivity contribution in [3.8, 4) is 0 Å². The van der Waals surface area contributed by atoms with Gasteiger partial charge in [-0.2, -0.15) is 0 Å². The van der Waals surface area contributed by atoms with E-state index in [1.54, 1.807) is 17.0 Å². The Bertz CT molecular complexity index is 482. The molecule has 0 spiro atoms. The lowest BCUT2D eigenvalue weighted by Crippen LogP contribution is -2.25. The molecule has 1 aromatic rings. The molecular weight excluding hydrogens is 230 g/mol. The average molecular weight is 247 g/mol. The summed E-state index contributed by atoms with van der Waals surface area (Å²) in [7, 11) is 0. The summed E-state index contributed by atoms with van der Waals surface area (Å²) in [5.74, 6) is -0.832. The number of hydrogen-bond donors (Lipinski definition) is 1. The van der Waals surface area contributed by atoms with Gasteiger partial charge in [0.1, 0.15) is 0 Å². The quantitative estimate of drug-likeness (QED) is 0.889. The van der Waals surface area contributed by atoms with Crippen LogP contribution in [0, 0.1) is 0 Å². The zero-order valence-corrected chi connectivity index (χ0v) is 10.5. The van der Waals surface area contributed by atoms with Crippen LogP contribution in [0.5, 0.6) is 0 Å². The van der Waals surface area contributed by atoms with Gasteiger partial charge in [0.05, 0.1) is 5.56 Å². The molecule has 0 radical (unpaired) electrons. The first-order valence-corrected chi connectivity index (χ1v) is 6.30. The molecule has 1 aromatic carbocycles. The predicted molar refractivity (Wildman–Crippen MR) is 69.0 cm³/mol. The normalized spacial score (nSPS) is 15.2. The summed E-state index contributed by atoms with van der Waals surface area (Å²) >= 11 is 0. The first-order valence-electron chi connectivity index (χ1n) is 6.30. The van der Waals surface area contributed by atoms with Crippen LogP contribution in [0.2, 0.25) is 0 Å². The van der Waals surface area contributed by atoms with Crippen molar-refractivity contribution in [1.29, 1.82) is 0 Å². The summed E-state index contributed by atoms with van der Waals surface area (Å²) in [5, 5.41) is 9.22. The third-order valence-corrected chi connectivity index (χ3v) is 3.25. The summed E-state index contributed by atoms with van der Waals surface area (Å²) in [6.45, 7) is 2.70. The summed E-state index contributed by atoms with van der Waals surface area (Å²) in [4.78, 5) is 24.8. The minimum Gasteiger partial charge on any atom is -0.478 e. The number of carboxylic acid groups (broad SMARTS) is 1. The maximum Gasteiger partial charge on any atom is 0.336 e. The molecule has 4 nitrogen and oxygen atoms in total. The van der Waals surface area contributed by atoms with Crippen LogP contribution in [0.1, 0.15) is 42.1 Å². The molecule has 18 heavy (non-hydrogen) atoms. The number of carbonyl (C=O) groups is 2. The highest BCUT2D eigenvalue weighted by Crippen LogP contribution is 2.29. The van der Waals surface area contributed by atoms with E-state index in [4.69, 9.17) is 0 Å². The molecule has 0 bridgehead atoms. The Balaban J connectivity index is 2.48. The average Bonchev–Trinajstić information content (AvgIpc) is 2.76. The maximum atomic E-state index is 11.8. The zero-order chi connectivity index (χ0) is 13.1. The number of carboxylic acids is 1. The smallest absolute Gasteiger partial charge is 0.336 e. The van der Waals surface area contributed by atoms with Crippen LogP contribution in [0.3, 0.4) is 0 Å². The van der Waals surface area contributed by atoms with Crippen LogP contribution in [-0.2, 0) is 11.2 Å². The number of rotatable bonds is 4. The first-order chi connectivity index (χ1) is 8.65. The molecule has 96 valence electrons. The van der Waals surface area contributed by atoms with E-state index in [1.165, 1.54) is 0 Å². The summed E-state index contributed by atoms with van der Waals surface area (Å²) in [5.41, 5.74) is 1.87. The highest BCUT2D eigenvalue weighted by Gasteiger charge is 2.25. The number of hydrogen-bond acceptors (Lipinski definition) is 2. The molecular formula is C14H17NO3. The second kappa shape index (κ2) is 5.21. The molecule has 1 aliphatic heterocycles. The largest absolute Gasteiger partial charge is 0.478 e. The fourth-order valence-corrected chi connectivity index (χ4v) is 2.44. The highest BCUT2D eigenvalue weighted by molar-refractivity contribution is 5.99. The van der Waals surface area contributed by atoms with E-state index < -0.39 is 5.97 Å². The predicted octanol–water partition coefficient (Wildman–Crippen LogP) is 2.46. The van der Waals surface area contributed by atoms with Crippen LogP contribution in [0.25, 0.3) is 0 Å². The van der Waals surface area contributed by atoms with Crippen molar-refractivity contribution < 1.29 is 14.7 Å². The third kappa shape index (κ3) is 2.23. The van der Waals surface area contributed by atoms with Crippen molar-refractivity contribution >= 4 is 17.6 Å². The van der Waals surface area contributed by atoms with E-state index in [-0.39, 0.29) is 5.91 Å². The van der Waals surface area contributed by atoms with Crippen molar-refractivity contribution in [3.63, 3.8) is 0 Å². The van der Waals surface area contributed by atoms with Gasteiger partial charge in [0.25, 0.3) is 0 Å². The molecule has 4 heteroatoms. The Morgan fingerprint density at radius 3 is 2.78 bits per heavy atom. The van der Waals surface area contributed by atoms with E-state index >= 15 is 0 Å². The van der Waals surface area contributed by atoms with Gasteiger partial charge >= 0.3 is 5.97 Å². The number of nitrogens with zero attached hydrogens (tertiary/aromatic N) is 1. The minimum absolute atomic E-state index is 0.0925. The van der Waals surface area contributed by atoms with Crippen molar-refractivity contribution in [3.05, 3.63) is 29.3 Å². The Labute approximate surface area is 106 Å². The first kappa shape index (κ1) is 12.6. The van der Waals surface area contributed by atoms with Gasteiger partial charge in [0, 0.05) is 18.7 Å². The lowest BCUT2D eigenvalue weighted by atomic mass is 10.00. The minimum atomic E-state index is -0.924. The van der Waals surface area contributed by atoms with E-state index in [0.29, 0.717) is 24.9 Å². The molecule has 2 rings (SSSR count). The zero-order valence-electron chi connectivity index (χ0n) is 10.5. The van der Waals surface area contributed by atoms with Gasteiger partial charge in [-0.25, -0.2) is 4.79 Å². The van der Waals surface area contributed by atoms with E-state index in [2.05, 4.69) is 0 Å².